The van der Waals surface area contributed by atoms with Gasteiger partial charge in [0, 0.05) is 42.3 Å². The van der Waals surface area contributed by atoms with Gasteiger partial charge in [-0.05, 0) is 30.3 Å². The molecule has 0 spiro atoms. The molecule has 2 aromatic rings. The van der Waals surface area contributed by atoms with Gasteiger partial charge in [0.2, 0.25) is 0 Å². The molecule has 1 fully saturated rings. The second-order valence-electron chi connectivity index (χ2n) is 6.09. The molecule has 0 unspecified atom stereocenters. The molecule has 1 aliphatic heterocycles. The molecule has 1 aliphatic rings. The maximum absolute atomic E-state index is 12.8. The van der Waals surface area contributed by atoms with E-state index in [0.29, 0.717) is 28.3 Å². The first-order valence-electron chi connectivity index (χ1n) is 8.63. The molecule has 0 aromatic heterocycles. The van der Waals surface area contributed by atoms with E-state index in [4.69, 9.17) is 16.3 Å². The quantitative estimate of drug-likeness (QED) is 0.792. The molecule has 5 nitrogen and oxygen atoms in total. The number of carbonyl (C=O) groups is 2. The molecule has 2 aromatic carbocycles. The number of ketones is 1. The minimum atomic E-state index is -0.240. The number of hydrogen-bond donors (Lipinski definition) is 1. The zero-order valence-corrected chi connectivity index (χ0v) is 15.2. The molecule has 26 heavy (non-hydrogen) atoms. The molecule has 136 valence electrons. The van der Waals surface area contributed by atoms with Crippen molar-refractivity contribution in [3.63, 3.8) is 0 Å². The number of hydrogen-bond acceptors (Lipinski definition) is 4. The second kappa shape index (κ2) is 8.94. The first-order valence-corrected chi connectivity index (χ1v) is 9.00. The van der Waals surface area contributed by atoms with Crippen LogP contribution < -0.4 is 5.32 Å². The van der Waals surface area contributed by atoms with Gasteiger partial charge in [0.1, 0.15) is 0 Å². The first kappa shape index (κ1) is 18.6. The average Bonchev–Trinajstić information content (AvgIpc) is 2.69. The summed E-state index contributed by atoms with van der Waals surface area (Å²) in [7, 11) is 0. The lowest BCUT2D eigenvalue weighted by Gasteiger charge is -2.26. The summed E-state index contributed by atoms with van der Waals surface area (Å²) in [5.74, 6) is -0.434. The summed E-state index contributed by atoms with van der Waals surface area (Å²) in [6, 6.07) is 13.5. The second-order valence-corrected chi connectivity index (χ2v) is 6.53. The number of morpholine rings is 1. The number of nitrogens with zero attached hydrogens (tertiary/aromatic N) is 1. The van der Waals surface area contributed by atoms with E-state index in [1.807, 2.05) is 0 Å². The number of amides is 1. The lowest BCUT2D eigenvalue weighted by Crippen LogP contribution is -2.41. The van der Waals surface area contributed by atoms with Crippen LogP contribution in [0.4, 0.5) is 0 Å². The fraction of sp³-hybridized carbons (Fsp3) is 0.300. The smallest absolute Gasteiger partial charge is 0.252 e. The Labute approximate surface area is 157 Å². The molecule has 6 heteroatoms. The third-order valence-electron chi connectivity index (χ3n) is 4.34. The Morgan fingerprint density at radius 2 is 1.65 bits per heavy atom. The molecule has 1 heterocycles. The Kier molecular flexibility index (Phi) is 6.39. The minimum Gasteiger partial charge on any atom is -0.379 e. The van der Waals surface area contributed by atoms with E-state index in [2.05, 4.69) is 10.2 Å². The van der Waals surface area contributed by atoms with Crippen LogP contribution in [0.3, 0.4) is 0 Å². The summed E-state index contributed by atoms with van der Waals surface area (Å²) >= 11 is 5.88. The molecule has 1 amide bonds. The monoisotopic (exact) mass is 372 g/mol. The van der Waals surface area contributed by atoms with Crippen LogP contribution in [-0.2, 0) is 4.74 Å². The summed E-state index contributed by atoms with van der Waals surface area (Å²) in [6.45, 7) is 4.51. The molecule has 0 atom stereocenters. The van der Waals surface area contributed by atoms with Crippen molar-refractivity contribution in [1.82, 2.24) is 10.2 Å². The van der Waals surface area contributed by atoms with Crippen LogP contribution in [0.25, 0.3) is 0 Å². The van der Waals surface area contributed by atoms with E-state index in [1.54, 1.807) is 48.5 Å². The highest BCUT2D eigenvalue weighted by Gasteiger charge is 2.18. The molecular weight excluding hydrogens is 352 g/mol. The summed E-state index contributed by atoms with van der Waals surface area (Å²) in [5.41, 5.74) is 1.27. The van der Waals surface area contributed by atoms with Crippen LogP contribution in [0, 0.1) is 0 Å². The lowest BCUT2D eigenvalue weighted by molar-refractivity contribution is 0.0383. The Morgan fingerprint density at radius 1 is 1.00 bits per heavy atom. The summed E-state index contributed by atoms with van der Waals surface area (Å²) in [6.07, 6.45) is 0. The largest absolute Gasteiger partial charge is 0.379 e. The van der Waals surface area contributed by atoms with Gasteiger partial charge in [-0.1, -0.05) is 29.8 Å². The van der Waals surface area contributed by atoms with Crippen LogP contribution in [0.5, 0.6) is 0 Å². The molecule has 0 saturated carbocycles. The van der Waals surface area contributed by atoms with E-state index in [1.165, 1.54) is 0 Å². The van der Waals surface area contributed by atoms with Crippen LogP contribution in [0.2, 0.25) is 5.02 Å². The van der Waals surface area contributed by atoms with Gasteiger partial charge in [0.05, 0.1) is 18.8 Å². The van der Waals surface area contributed by atoms with Gasteiger partial charge in [0.25, 0.3) is 5.91 Å². The van der Waals surface area contributed by atoms with Crippen molar-refractivity contribution in [2.75, 3.05) is 39.4 Å². The fourth-order valence-electron chi connectivity index (χ4n) is 2.88. The van der Waals surface area contributed by atoms with Crippen molar-refractivity contribution in [3.05, 3.63) is 70.2 Å². The predicted molar refractivity (Wildman–Crippen MR) is 101 cm³/mol. The SMILES string of the molecule is O=C(NCCN1CCOCC1)c1ccccc1C(=O)c1ccc(Cl)cc1. The Morgan fingerprint density at radius 3 is 2.35 bits per heavy atom. The third-order valence-corrected chi connectivity index (χ3v) is 4.59. The number of halogens is 1. The molecule has 0 radical (unpaired) electrons. The van der Waals surface area contributed by atoms with Crippen molar-refractivity contribution >= 4 is 23.3 Å². The first-order chi connectivity index (χ1) is 12.6. The Hall–Kier alpha value is -2.21. The van der Waals surface area contributed by atoms with Gasteiger partial charge < -0.3 is 10.1 Å². The lowest BCUT2D eigenvalue weighted by atomic mass is 9.98. The fourth-order valence-corrected chi connectivity index (χ4v) is 3.01. The normalized spacial score (nSPS) is 14.8. The molecule has 1 saturated heterocycles. The molecule has 0 aliphatic carbocycles. The van der Waals surface area contributed by atoms with Crippen molar-refractivity contribution in [1.29, 1.82) is 0 Å². The van der Waals surface area contributed by atoms with Gasteiger partial charge in [-0.3, -0.25) is 14.5 Å². The van der Waals surface area contributed by atoms with Crippen molar-refractivity contribution in [2.24, 2.45) is 0 Å². The van der Waals surface area contributed by atoms with Gasteiger partial charge in [0.15, 0.2) is 5.78 Å². The van der Waals surface area contributed by atoms with Gasteiger partial charge in [-0.25, -0.2) is 0 Å². The van der Waals surface area contributed by atoms with E-state index in [0.717, 1.165) is 32.8 Å². The topological polar surface area (TPSA) is 58.6 Å². The number of carbonyl (C=O) groups excluding carboxylic acids is 2. The zero-order chi connectivity index (χ0) is 18.4. The molecular formula is C20H21ClN2O3. The van der Waals surface area contributed by atoms with E-state index in [-0.39, 0.29) is 11.7 Å². The van der Waals surface area contributed by atoms with Crippen molar-refractivity contribution in [3.8, 4) is 0 Å². The van der Waals surface area contributed by atoms with Gasteiger partial charge >= 0.3 is 0 Å². The third kappa shape index (κ3) is 4.69. The standard InChI is InChI=1S/C20H21ClN2O3/c21-16-7-5-15(6-8-16)19(24)17-3-1-2-4-18(17)20(25)22-9-10-23-11-13-26-14-12-23/h1-8H,9-14H2,(H,22,25). The number of benzene rings is 2. The number of rotatable bonds is 6. The number of ether oxygens (including phenoxy) is 1. The van der Waals surface area contributed by atoms with Crippen molar-refractivity contribution in [2.45, 2.75) is 0 Å². The van der Waals surface area contributed by atoms with Crippen LogP contribution in [0.15, 0.2) is 48.5 Å². The van der Waals surface area contributed by atoms with Crippen molar-refractivity contribution < 1.29 is 14.3 Å². The highest BCUT2D eigenvalue weighted by molar-refractivity contribution is 6.30. The van der Waals surface area contributed by atoms with E-state index in [9.17, 15) is 9.59 Å². The molecule has 1 N–H and O–H groups in total. The average molecular weight is 373 g/mol. The zero-order valence-electron chi connectivity index (χ0n) is 14.4. The van der Waals surface area contributed by atoms with E-state index >= 15 is 0 Å². The van der Waals surface area contributed by atoms with Gasteiger partial charge in [-0.2, -0.15) is 0 Å². The Bertz CT molecular complexity index is 771. The van der Waals surface area contributed by atoms with Crippen LogP contribution in [0.1, 0.15) is 26.3 Å². The highest BCUT2D eigenvalue weighted by atomic mass is 35.5. The summed E-state index contributed by atoms with van der Waals surface area (Å²) in [5, 5.41) is 3.47. The maximum atomic E-state index is 12.8. The number of nitrogens with one attached hydrogen (secondary N) is 1. The summed E-state index contributed by atoms with van der Waals surface area (Å²) < 4.78 is 5.31. The van der Waals surface area contributed by atoms with Crippen LogP contribution in [-0.4, -0.2) is 56.0 Å². The summed E-state index contributed by atoms with van der Waals surface area (Å²) in [4.78, 5) is 27.6. The minimum absolute atomic E-state index is 0.194. The highest BCUT2D eigenvalue weighted by Crippen LogP contribution is 2.17. The van der Waals surface area contributed by atoms with Gasteiger partial charge in [-0.15, -0.1) is 0 Å². The van der Waals surface area contributed by atoms with Crippen LogP contribution >= 0.6 is 11.6 Å². The molecule has 3 rings (SSSR count). The van der Waals surface area contributed by atoms with E-state index < -0.39 is 0 Å². The maximum Gasteiger partial charge on any atom is 0.252 e. The molecule has 0 bridgehead atoms. The predicted octanol–water partition coefficient (Wildman–Crippen LogP) is 2.63. The Balaban J connectivity index is 1.66.